The first-order chi connectivity index (χ1) is 11.8. The zero-order valence-corrected chi connectivity index (χ0v) is 13.6. The van der Waals surface area contributed by atoms with Crippen molar-refractivity contribution in [1.29, 1.82) is 0 Å². The normalized spacial score (nSPS) is 14.2. The maximum Gasteiger partial charge on any atom is 0.180 e. The summed E-state index contributed by atoms with van der Waals surface area (Å²) in [5.41, 5.74) is 4.40. The van der Waals surface area contributed by atoms with Gasteiger partial charge >= 0.3 is 0 Å². The average Bonchev–Trinajstić information content (AvgIpc) is 3.12. The van der Waals surface area contributed by atoms with Crippen LogP contribution in [-0.2, 0) is 12.8 Å². The number of hydrogen-bond acceptors (Lipinski definition) is 5. The first kappa shape index (κ1) is 14.8. The Morgan fingerprint density at radius 2 is 1.88 bits per heavy atom. The van der Waals surface area contributed by atoms with Crippen LogP contribution in [0.4, 0.5) is 5.82 Å². The van der Waals surface area contributed by atoms with Gasteiger partial charge in [0.05, 0.1) is 6.04 Å². The molecule has 3 aromatic heterocycles. The lowest BCUT2D eigenvalue weighted by Crippen LogP contribution is -2.12. The molecule has 0 saturated heterocycles. The minimum absolute atomic E-state index is 0.157. The SMILES string of the molecule is C[C@H](Nc1nc(-c2ccccn2)nc2c1CCC2)c1ccncc1. The van der Waals surface area contributed by atoms with Crippen molar-refractivity contribution in [2.75, 3.05) is 5.32 Å². The molecule has 0 amide bonds. The smallest absolute Gasteiger partial charge is 0.180 e. The maximum atomic E-state index is 4.78. The highest BCUT2D eigenvalue weighted by atomic mass is 15.1. The molecule has 4 rings (SSSR count). The topological polar surface area (TPSA) is 63.6 Å². The van der Waals surface area contributed by atoms with Crippen molar-refractivity contribution in [3.8, 4) is 11.5 Å². The van der Waals surface area contributed by atoms with Gasteiger partial charge in [-0.2, -0.15) is 0 Å². The third-order valence-corrected chi connectivity index (χ3v) is 4.39. The van der Waals surface area contributed by atoms with Gasteiger partial charge in [0.25, 0.3) is 0 Å². The highest BCUT2D eigenvalue weighted by molar-refractivity contribution is 5.58. The van der Waals surface area contributed by atoms with Crippen molar-refractivity contribution in [3.05, 3.63) is 65.7 Å². The van der Waals surface area contributed by atoms with Crippen LogP contribution in [0.1, 0.15) is 36.2 Å². The summed E-state index contributed by atoms with van der Waals surface area (Å²) in [5, 5.41) is 3.56. The molecule has 0 fully saturated rings. The number of anilines is 1. The Hall–Kier alpha value is -2.82. The summed E-state index contributed by atoms with van der Waals surface area (Å²) < 4.78 is 0. The van der Waals surface area contributed by atoms with E-state index in [4.69, 9.17) is 9.97 Å². The largest absolute Gasteiger partial charge is 0.363 e. The number of aromatic nitrogens is 4. The molecular formula is C19H19N5. The monoisotopic (exact) mass is 317 g/mol. The molecule has 0 aliphatic heterocycles. The van der Waals surface area contributed by atoms with E-state index in [0.29, 0.717) is 5.82 Å². The van der Waals surface area contributed by atoms with Gasteiger partial charge < -0.3 is 5.32 Å². The van der Waals surface area contributed by atoms with Crippen LogP contribution in [0.25, 0.3) is 11.5 Å². The van der Waals surface area contributed by atoms with Gasteiger partial charge in [-0.3, -0.25) is 9.97 Å². The van der Waals surface area contributed by atoms with Crippen LogP contribution >= 0.6 is 0 Å². The fourth-order valence-corrected chi connectivity index (χ4v) is 3.10. The van der Waals surface area contributed by atoms with Crippen molar-refractivity contribution in [1.82, 2.24) is 19.9 Å². The van der Waals surface area contributed by atoms with Gasteiger partial charge in [-0.25, -0.2) is 9.97 Å². The number of nitrogens with zero attached hydrogens (tertiary/aromatic N) is 4. The number of rotatable bonds is 4. The Morgan fingerprint density at radius 3 is 2.67 bits per heavy atom. The fourth-order valence-electron chi connectivity index (χ4n) is 3.10. The summed E-state index contributed by atoms with van der Waals surface area (Å²) in [5.74, 6) is 1.63. The van der Waals surface area contributed by atoms with Gasteiger partial charge in [0.1, 0.15) is 11.5 Å². The van der Waals surface area contributed by atoms with E-state index in [1.165, 1.54) is 11.1 Å². The summed E-state index contributed by atoms with van der Waals surface area (Å²) >= 11 is 0. The molecule has 0 aromatic carbocycles. The molecule has 1 aliphatic carbocycles. The summed E-state index contributed by atoms with van der Waals surface area (Å²) in [6.45, 7) is 2.14. The molecule has 3 aromatic rings. The van der Waals surface area contributed by atoms with E-state index in [0.717, 1.165) is 36.5 Å². The molecule has 0 radical (unpaired) electrons. The molecular weight excluding hydrogens is 298 g/mol. The average molecular weight is 317 g/mol. The summed E-state index contributed by atoms with van der Waals surface area (Å²) in [6.07, 6.45) is 8.58. The van der Waals surface area contributed by atoms with Crippen molar-refractivity contribution in [2.24, 2.45) is 0 Å². The second kappa shape index (κ2) is 6.35. The molecule has 1 aliphatic rings. The molecule has 0 saturated carbocycles. The lowest BCUT2D eigenvalue weighted by atomic mass is 10.1. The van der Waals surface area contributed by atoms with Crippen molar-refractivity contribution in [3.63, 3.8) is 0 Å². The Kier molecular flexibility index (Phi) is 3.91. The molecule has 5 nitrogen and oxygen atoms in total. The van der Waals surface area contributed by atoms with Gasteiger partial charge in [0, 0.05) is 29.8 Å². The van der Waals surface area contributed by atoms with Crippen LogP contribution < -0.4 is 5.32 Å². The minimum Gasteiger partial charge on any atom is -0.363 e. The molecule has 1 atom stereocenters. The number of pyridine rings is 2. The Labute approximate surface area is 141 Å². The number of hydrogen-bond donors (Lipinski definition) is 1. The molecule has 1 N–H and O–H groups in total. The van der Waals surface area contributed by atoms with Crippen LogP contribution in [-0.4, -0.2) is 19.9 Å². The second-order valence-corrected chi connectivity index (χ2v) is 6.04. The van der Waals surface area contributed by atoms with Crippen LogP contribution in [0.3, 0.4) is 0 Å². The van der Waals surface area contributed by atoms with E-state index in [2.05, 4.69) is 22.2 Å². The number of nitrogens with one attached hydrogen (secondary N) is 1. The molecule has 120 valence electrons. The lowest BCUT2D eigenvalue weighted by Gasteiger charge is -2.18. The zero-order chi connectivity index (χ0) is 16.4. The zero-order valence-electron chi connectivity index (χ0n) is 13.6. The van der Waals surface area contributed by atoms with Gasteiger partial charge in [-0.05, 0) is 56.0 Å². The number of aryl methyl sites for hydroxylation is 1. The highest BCUT2D eigenvalue weighted by Crippen LogP contribution is 2.30. The van der Waals surface area contributed by atoms with Crippen molar-refractivity contribution < 1.29 is 0 Å². The Bertz CT molecular complexity index is 833. The van der Waals surface area contributed by atoms with Gasteiger partial charge in [-0.15, -0.1) is 0 Å². The summed E-state index contributed by atoms with van der Waals surface area (Å²) in [4.78, 5) is 18.0. The molecule has 0 unspecified atom stereocenters. The van der Waals surface area contributed by atoms with Crippen LogP contribution in [0, 0.1) is 0 Å². The van der Waals surface area contributed by atoms with Crippen LogP contribution in [0.5, 0.6) is 0 Å². The molecule has 5 heteroatoms. The van der Waals surface area contributed by atoms with Crippen molar-refractivity contribution in [2.45, 2.75) is 32.2 Å². The van der Waals surface area contributed by atoms with E-state index < -0.39 is 0 Å². The van der Waals surface area contributed by atoms with Gasteiger partial charge in [-0.1, -0.05) is 6.07 Å². The summed E-state index contributed by atoms with van der Waals surface area (Å²) in [6, 6.07) is 10.0. The molecule has 24 heavy (non-hydrogen) atoms. The van der Waals surface area contributed by atoms with Gasteiger partial charge in [0.2, 0.25) is 0 Å². The third kappa shape index (κ3) is 2.85. The second-order valence-electron chi connectivity index (χ2n) is 6.04. The molecule has 3 heterocycles. The molecule has 0 spiro atoms. The quantitative estimate of drug-likeness (QED) is 0.796. The predicted molar refractivity (Wildman–Crippen MR) is 93.6 cm³/mol. The Balaban J connectivity index is 1.71. The van der Waals surface area contributed by atoms with Crippen molar-refractivity contribution >= 4 is 5.82 Å². The van der Waals surface area contributed by atoms with E-state index in [-0.39, 0.29) is 6.04 Å². The van der Waals surface area contributed by atoms with E-state index in [1.54, 1.807) is 6.20 Å². The first-order valence-corrected chi connectivity index (χ1v) is 8.29. The number of fused-ring (bicyclic) bond motifs is 1. The summed E-state index contributed by atoms with van der Waals surface area (Å²) in [7, 11) is 0. The third-order valence-electron chi connectivity index (χ3n) is 4.39. The minimum atomic E-state index is 0.157. The lowest BCUT2D eigenvalue weighted by molar-refractivity contribution is 0.860. The van der Waals surface area contributed by atoms with E-state index >= 15 is 0 Å². The fraction of sp³-hybridized carbons (Fsp3) is 0.263. The first-order valence-electron chi connectivity index (χ1n) is 8.29. The maximum absolute atomic E-state index is 4.78. The predicted octanol–water partition coefficient (Wildman–Crippen LogP) is 3.60. The van der Waals surface area contributed by atoms with Crippen LogP contribution in [0.2, 0.25) is 0 Å². The van der Waals surface area contributed by atoms with Crippen LogP contribution in [0.15, 0.2) is 48.9 Å². The van der Waals surface area contributed by atoms with E-state index in [1.807, 2.05) is 42.7 Å². The van der Waals surface area contributed by atoms with E-state index in [9.17, 15) is 0 Å². The highest BCUT2D eigenvalue weighted by Gasteiger charge is 2.21. The molecule has 0 bridgehead atoms. The standard InChI is InChI=1S/C19H19N5/c1-13(14-8-11-20-12-9-14)22-18-15-5-4-7-16(15)23-19(24-18)17-6-2-3-10-21-17/h2-3,6,8-13H,4-5,7H2,1H3,(H,22,23,24)/t13-/m0/s1. The van der Waals surface area contributed by atoms with Gasteiger partial charge in [0.15, 0.2) is 5.82 Å². The Morgan fingerprint density at radius 1 is 1.00 bits per heavy atom.